The number of carbonyl (C=O) groups excluding carboxylic acids is 1. The maximum Gasteiger partial charge on any atom is 0.310 e. The Morgan fingerprint density at radius 1 is 1.41 bits per heavy atom. The van der Waals surface area contributed by atoms with Crippen LogP contribution in [0.5, 0.6) is 5.75 Å². The Bertz CT molecular complexity index is 656. The second kappa shape index (κ2) is 5.14. The Balaban J connectivity index is 1.84. The van der Waals surface area contributed by atoms with Crippen LogP contribution < -0.4 is 10.1 Å². The maximum absolute atomic E-state index is 12.6. The quantitative estimate of drug-likeness (QED) is 0.827. The van der Waals surface area contributed by atoms with Gasteiger partial charge in [0.2, 0.25) is 5.91 Å². The lowest BCUT2D eigenvalue weighted by Crippen LogP contribution is -2.44. The smallest absolute Gasteiger partial charge is 0.310 e. The van der Waals surface area contributed by atoms with Gasteiger partial charge in [-0.05, 0) is 19.1 Å². The molecule has 2 bridgehead atoms. The minimum Gasteiger partial charge on any atom is -0.497 e. The van der Waals surface area contributed by atoms with E-state index in [0.717, 1.165) is 0 Å². The number of aliphatic carboxylic acids is 1. The number of anilines is 1. The first-order valence-corrected chi connectivity index (χ1v) is 6.99. The zero-order valence-corrected chi connectivity index (χ0v) is 12.3. The summed E-state index contributed by atoms with van der Waals surface area (Å²) in [6.45, 7) is 1.74. The highest BCUT2D eigenvalue weighted by Crippen LogP contribution is 2.47. The molecule has 0 saturated carbocycles. The summed E-state index contributed by atoms with van der Waals surface area (Å²) in [6.07, 6.45) is 2.93. The monoisotopic (exact) mass is 303 g/mol. The van der Waals surface area contributed by atoms with Crippen molar-refractivity contribution in [3.05, 3.63) is 36.4 Å². The molecule has 1 fully saturated rings. The van der Waals surface area contributed by atoms with Crippen molar-refractivity contribution in [3.63, 3.8) is 0 Å². The SMILES string of the molecule is COc1cccc(NC(=O)[C@H]2[C@@H](C(=O)O)[C@H]3C=C[C@@]2(C)O3)c1. The minimum absolute atomic E-state index is 0.366. The van der Waals surface area contributed by atoms with Gasteiger partial charge >= 0.3 is 5.97 Å². The van der Waals surface area contributed by atoms with Crippen LogP contribution in [0.2, 0.25) is 0 Å². The number of ether oxygens (including phenoxy) is 2. The first-order valence-electron chi connectivity index (χ1n) is 6.99. The molecular formula is C16H17NO5. The molecule has 1 amide bonds. The second-order valence-corrected chi connectivity index (χ2v) is 5.69. The van der Waals surface area contributed by atoms with E-state index >= 15 is 0 Å². The predicted octanol–water partition coefficient (Wildman–Crippen LogP) is 1.68. The number of hydrogen-bond acceptors (Lipinski definition) is 4. The largest absolute Gasteiger partial charge is 0.497 e. The average Bonchev–Trinajstić information content (AvgIpc) is 3.00. The van der Waals surface area contributed by atoms with Crippen LogP contribution in [0.4, 0.5) is 5.69 Å². The fourth-order valence-electron chi connectivity index (χ4n) is 3.20. The molecule has 0 aliphatic carbocycles. The van der Waals surface area contributed by atoms with Crippen LogP contribution in [0.1, 0.15) is 6.92 Å². The fraction of sp³-hybridized carbons (Fsp3) is 0.375. The van der Waals surface area contributed by atoms with Gasteiger partial charge in [0.1, 0.15) is 11.7 Å². The van der Waals surface area contributed by atoms with E-state index in [1.165, 1.54) is 7.11 Å². The van der Waals surface area contributed by atoms with Crippen molar-refractivity contribution < 1.29 is 24.2 Å². The van der Waals surface area contributed by atoms with E-state index in [-0.39, 0.29) is 5.91 Å². The molecule has 1 aromatic rings. The number of amides is 1. The number of nitrogens with one attached hydrogen (secondary N) is 1. The highest BCUT2D eigenvalue weighted by molar-refractivity contribution is 5.97. The lowest BCUT2D eigenvalue weighted by molar-refractivity contribution is -0.146. The summed E-state index contributed by atoms with van der Waals surface area (Å²) in [6, 6.07) is 6.92. The van der Waals surface area contributed by atoms with Gasteiger partial charge in [-0.2, -0.15) is 0 Å². The van der Waals surface area contributed by atoms with Gasteiger partial charge in [-0.15, -0.1) is 0 Å². The van der Waals surface area contributed by atoms with Crippen molar-refractivity contribution in [2.24, 2.45) is 11.8 Å². The third-order valence-corrected chi connectivity index (χ3v) is 4.24. The van der Waals surface area contributed by atoms with Crippen molar-refractivity contribution in [2.75, 3.05) is 12.4 Å². The van der Waals surface area contributed by atoms with Crippen LogP contribution in [0, 0.1) is 11.8 Å². The molecule has 3 rings (SSSR count). The van der Waals surface area contributed by atoms with Gasteiger partial charge in [0.15, 0.2) is 0 Å². The van der Waals surface area contributed by atoms with Crippen molar-refractivity contribution in [2.45, 2.75) is 18.6 Å². The predicted molar refractivity (Wildman–Crippen MR) is 78.7 cm³/mol. The Kier molecular flexibility index (Phi) is 3.41. The van der Waals surface area contributed by atoms with Gasteiger partial charge < -0.3 is 19.9 Å². The molecule has 6 heteroatoms. The molecule has 2 aliphatic heterocycles. The summed E-state index contributed by atoms with van der Waals surface area (Å²) >= 11 is 0. The summed E-state index contributed by atoms with van der Waals surface area (Å²) in [4.78, 5) is 24.1. The van der Waals surface area contributed by atoms with Crippen LogP contribution in [-0.4, -0.2) is 35.8 Å². The first-order chi connectivity index (χ1) is 10.4. The number of rotatable bonds is 4. The molecule has 2 heterocycles. The molecule has 0 spiro atoms. The summed E-state index contributed by atoms with van der Waals surface area (Å²) in [7, 11) is 1.54. The number of fused-ring (bicyclic) bond motifs is 2. The third kappa shape index (κ3) is 2.25. The minimum atomic E-state index is -1.02. The Hall–Kier alpha value is -2.34. The molecule has 2 N–H and O–H groups in total. The second-order valence-electron chi connectivity index (χ2n) is 5.69. The van der Waals surface area contributed by atoms with E-state index in [2.05, 4.69) is 5.32 Å². The number of carboxylic acids is 1. The highest BCUT2D eigenvalue weighted by Gasteiger charge is 2.59. The normalized spacial score (nSPS) is 32.0. The van der Waals surface area contributed by atoms with Crippen molar-refractivity contribution in [1.29, 1.82) is 0 Å². The Morgan fingerprint density at radius 3 is 2.86 bits per heavy atom. The van der Waals surface area contributed by atoms with E-state index in [4.69, 9.17) is 9.47 Å². The van der Waals surface area contributed by atoms with Crippen molar-refractivity contribution in [1.82, 2.24) is 0 Å². The van der Waals surface area contributed by atoms with Crippen LogP contribution >= 0.6 is 0 Å². The Morgan fingerprint density at radius 2 is 2.18 bits per heavy atom. The molecule has 116 valence electrons. The molecule has 1 aromatic carbocycles. The number of hydrogen-bond donors (Lipinski definition) is 2. The Labute approximate surface area is 127 Å². The highest BCUT2D eigenvalue weighted by atomic mass is 16.5. The number of carbonyl (C=O) groups is 2. The lowest BCUT2D eigenvalue weighted by Gasteiger charge is -2.27. The summed E-state index contributed by atoms with van der Waals surface area (Å²) < 4.78 is 10.8. The number of benzene rings is 1. The molecule has 0 radical (unpaired) electrons. The molecular weight excluding hydrogens is 286 g/mol. The molecule has 1 saturated heterocycles. The van der Waals surface area contributed by atoms with E-state index in [1.807, 2.05) is 0 Å². The molecule has 22 heavy (non-hydrogen) atoms. The zero-order chi connectivity index (χ0) is 15.9. The van der Waals surface area contributed by atoms with E-state index in [9.17, 15) is 14.7 Å². The first kappa shape index (κ1) is 14.6. The summed E-state index contributed by atoms with van der Waals surface area (Å²) in [5.74, 6) is -2.42. The average molecular weight is 303 g/mol. The van der Waals surface area contributed by atoms with Crippen LogP contribution in [0.15, 0.2) is 36.4 Å². The van der Waals surface area contributed by atoms with Crippen LogP contribution in [-0.2, 0) is 14.3 Å². The van der Waals surface area contributed by atoms with Crippen molar-refractivity contribution in [3.8, 4) is 5.75 Å². The molecule has 2 aliphatic rings. The van der Waals surface area contributed by atoms with E-state index in [0.29, 0.717) is 11.4 Å². The van der Waals surface area contributed by atoms with Gasteiger partial charge in [0.25, 0.3) is 0 Å². The fourth-order valence-corrected chi connectivity index (χ4v) is 3.20. The van der Waals surface area contributed by atoms with Gasteiger partial charge in [0.05, 0.1) is 24.7 Å². The molecule has 0 aromatic heterocycles. The summed E-state index contributed by atoms with van der Waals surface area (Å²) in [5, 5.41) is 12.2. The summed E-state index contributed by atoms with van der Waals surface area (Å²) in [5.41, 5.74) is -0.319. The number of methoxy groups -OCH3 is 1. The lowest BCUT2D eigenvalue weighted by atomic mass is 9.75. The van der Waals surface area contributed by atoms with Crippen LogP contribution in [0.3, 0.4) is 0 Å². The molecule has 6 nitrogen and oxygen atoms in total. The molecule has 4 atom stereocenters. The number of carboxylic acid groups (broad SMARTS) is 1. The van der Waals surface area contributed by atoms with E-state index < -0.39 is 29.5 Å². The van der Waals surface area contributed by atoms with E-state index in [1.54, 1.807) is 43.3 Å². The van der Waals surface area contributed by atoms with Gasteiger partial charge in [-0.1, -0.05) is 18.2 Å². The zero-order valence-electron chi connectivity index (χ0n) is 12.3. The maximum atomic E-state index is 12.6. The topological polar surface area (TPSA) is 84.9 Å². The van der Waals surface area contributed by atoms with Gasteiger partial charge in [0, 0.05) is 11.8 Å². The third-order valence-electron chi connectivity index (χ3n) is 4.24. The van der Waals surface area contributed by atoms with Crippen LogP contribution in [0.25, 0.3) is 0 Å². The molecule has 0 unspecified atom stereocenters. The standard InChI is InChI=1S/C16H17NO5/c1-16-7-6-11(22-16)12(15(19)20)13(16)14(18)17-9-4-3-5-10(8-9)21-2/h3-8,11-13H,1-2H3,(H,17,18)(H,19,20)/t11-,12+,13-,16-/m1/s1. The van der Waals surface area contributed by atoms with Gasteiger partial charge in [-0.25, -0.2) is 0 Å². The van der Waals surface area contributed by atoms with Crippen molar-refractivity contribution >= 4 is 17.6 Å². The van der Waals surface area contributed by atoms with Gasteiger partial charge in [-0.3, -0.25) is 9.59 Å².